The normalized spacial score (nSPS) is 11.3. The van der Waals surface area contributed by atoms with Crippen molar-refractivity contribution < 1.29 is 8.78 Å². The van der Waals surface area contributed by atoms with Crippen LogP contribution in [0.25, 0.3) is 22.6 Å². The molecule has 0 bridgehead atoms. The molecule has 2 heterocycles. The van der Waals surface area contributed by atoms with Gasteiger partial charge in [-0.25, -0.2) is 18.7 Å². The minimum absolute atomic E-state index is 0.102. The van der Waals surface area contributed by atoms with Crippen LogP contribution in [0, 0.1) is 11.6 Å². The first kappa shape index (κ1) is 11.8. The predicted molar refractivity (Wildman–Crippen MR) is 66.3 cm³/mol. The van der Waals surface area contributed by atoms with E-state index in [9.17, 15) is 8.78 Å². The number of aromatic nitrogens is 4. The molecule has 3 N–H and O–H groups in total. The van der Waals surface area contributed by atoms with Crippen LogP contribution in [0.15, 0.2) is 24.7 Å². The van der Waals surface area contributed by atoms with Gasteiger partial charge in [-0.15, -0.1) is 0 Å². The Hall–Kier alpha value is -2.28. The van der Waals surface area contributed by atoms with E-state index in [1.807, 2.05) is 0 Å². The SMILES string of the molecule is NCCn1cnc(-c2nc3c(F)cc(F)cc3[nH]2)c1. The average Bonchev–Trinajstić information content (AvgIpc) is 2.95. The lowest BCUT2D eigenvalue weighted by Gasteiger charge is -1.94. The van der Waals surface area contributed by atoms with Gasteiger partial charge in [0.25, 0.3) is 0 Å². The van der Waals surface area contributed by atoms with Crippen LogP contribution < -0.4 is 5.73 Å². The van der Waals surface area contributed by atoms with Gasteiger partial charge in [0.05, 0.1) is 11.8 Å². The zero-order chi connectivity index (χ0) is 13.4. The summed E-state index contributed by atoms with van der Waals surface area (Å²) in [5.41, 5.74) is 6.41. The van der Waals surface area contributed by atoms with E-state index >= 15 is 0 Å². The number of hydrogen-bond acceptors (Lipinski definition) is 3. The molecule has 0 amide bonds. The Bertz CT molecular complexity index is 731. The number of rotatable bonds is 3. The van der Waals surface area contributed by atoms with Crippen LogP contribution in [-0.2, 0) is 6.54 Å². The number of nitrogens with one attached hydrogen (secondary N) is 1. The zero-order valence-electron chi connectivity index (χ0n) is 9.90. The highest BCUT2D eigenvalue weighted by atomic mass is 19.1. The molecule has 19 heavy (non-hydrogen) atoms. The molecule has 0 fully saturated rings. The molecule has 0 aliphatic carbocycles. The molecule has 0 aliphatic rings. The van der Waals surface area contributed by atoms with Crippen LogP contribution in [-0.4, -0.2) is 26.1 Å². The van der Waals surface area contributed by atoms with E-state index in [0.29, 0.717) is 30.1 Å². The van der Waals surface area contributed by atoms with E-state index in [-0.39, 0.29) is 5.52 Å². The molecular weight excluding hydrogens is 252 g/mol. The maximum atomic E-state index is 13.5. The van der Waals surface area contributed by atoms with Gasteiger partial charge in [0, 0.05) is 25.4 Å². The maximum absolute atomic E-state index is 13.5. The quantitative estimate of drug-likeness (QED) is 0.754. The van der Waals surface area contributed by atoms with Crippen molar-refractivity contribution in [2.45, 2.75) is 6.54 Å². The molecule has 0 atom stereocenters. The Morgan fingerprint density at radius 1 is 1.32 bits per heavy atom. The Kier molecular flexibility index (Phi) is 2.75. The molecule has 0 saturated heterocycles. The Balaban J connectivity index is 2.07. The second-order valence-electron chi connectivity index (χ2n) is 4.15. The summed E-state index contributed by atoms with van der Waals surface area (Å²) in [6.45, 7) is 1.13. The molecule has 98 valence electrons. The Morgan fingerprint density at radius 2 is 2.16 bits per heavy atom. The molecule has 7 heteroatoms. The van der Waals surface area contributed by atoms with Crippen molar-refractivity contribution in [3.8, 4) is 11.5 Å². The highest BCUT2D eigenvalue weighted by Gasteiger charge is 2.12. The number of nitrogens with two attached hydrogens (primary N) is 1. The predicted octanol–water partition coefficient (Wildman–Crippen LogP) is 1.66. The fourth-order valence-electron chi connectivity index (χ4n) is 1.92. The topological polar surface area (TPSA) is 72.5 Å². The molecular formula is C12H11F2N5. The Labute approximate surface area is 107 Å². The monoisotopic (exact) mass is 263 g/mol. The molecule has 2 aromatic heterocycles. The van der Waals surface area contributed by atoms with Crippen molar-refractivity contribution in [2.24, 2.45) is 5.73 Å². The zero-order valence-corrected chi connectivity index (χ0v) is 9.90. The minimum atomic E-state index is -0.695. The lowest BCUT2D eigenvalue weighted by Crippen LogP contribution is -2.07. The summed E-state index contributed by atoms with van der Waals surface area (Å²) in [5, 5.41) is 0. The molecule has 0 aliphatic heterocycles. The number of benzene rings is 1. The van der Waals surface area contributed by atoms with E-state index < -0.39 is 11.6 Å². The summed E-state index contributed by atoms with van der Waals surface area (Å²) in [7, 11) is 0. The third-order valence-corrected chi connectivity index (χ3v) is 2.77. The van der Waals surface area contributed by atoms with Crippen molar-refractivity contribution in [3.63, 3.8) is 0 Å². The molecule has 0 spiro atoms. The van der Waals surface area contributed by atoms with Crippen LogP contribution in [0.1, 0.15) is 0 Å². The number of nitrogens with zero attached hydrogens (tertiary/aromatic N) is 3. The second kappa shape index (κ2) is 4.43. The van der Waals surface area contributed by atoms with Gasteiger partial charge in [-0.3, -0.25) is 0 Å². The number of fused-ring (bicyclic) bond motifs is 1. The van der Waals surface area contributed by atoms with Crippen LogP contribution in [0.3, 0.4) is 0 Å². The summed E-state index contributed by atoms with van der Waals surface area (Å²) in [6.07, 6.45) is 3.37. The van der Waals surface area contributed by atoms with Gasteiger partial charge in [0.15, 0.2) is 11.6 Å². The average molecular weight is 263 g/mol. The van der Waals surface area contributed by atoms with Crippen LogP contribution in [0.5, 0.6) is 0 Å². The van der Waals surface area contributed by atoms with Crippen molar-refractivity contribution in [3.05, 3.63) is 36.3 Å². The molecule has 3 rings (SSSR count). The molecule has 0 radical (unpaired) electrons. The van der Waals surface area contributed by atoms with Crippen LogP contribution in [0.2, 0.25) is 0 Å². The first-order chi connectivity index (χ1) is 9.17. The van der Waals surface area contributed by atoms with Gasteiger partial charge in [0.1, 0.15) is 17.0 Å². The second-order valence-corrected chi connectivity index (χ2v) is 4.15. The van der Waals surface area contributed by atoms with E-state index in [1.165, 1.54) is 6.07 Å². The van der Waals surface area contributed by atoms with Crippen molar-refractivity contribution in [1.29, 1.82) is 0 Å². The van der Waals surface area contributed by atoms with E-state index in [4.69, 9.17) is 5.73 Å². The molecule has 0 unspecified atom stereocenters. The van der Waals surface area contributed by atoms with Crippen LogP contribution in [0.4, 0.5) is 8.78 Å². The summed E-state index contributed by atoms with van der Waals surface area (Å²) in [4.78, 5) is 11.1. The number of aromatic amines is 1. The third kappa shape index (κ3) is 2.08. The van der Waals surface area contributed by atoms with Gasteiger partial charge in [-0.1, -0.05) is 0 Å². The van der Waals surface area contributed by atoms with Gasteiger partial charge in [-0.2, -0.15) is 0 Å². The minimum Gasteiger partial charge on any atom is -0.336 e. The van der Waals surface area contributed by atoms with Crippen molar-refractivity contribution in [2.75, 3.05) is 6.54 Å². The summed E-state index contributed by atoms with van der Waals surface area (Å²) < 4.78 is 28.4. The number of halogens is 2. The van der Waals surface area contributed by atoms with E-state index in [1.54, 1.807) is 17.1 Å². The number of imidazole rings is 2. The fourth-order valence-corrected chi connectivity index (χ4v) is 1.92. The highest BCUT2D eigenvalue weighted by molar-refractivity contribution is 5.79. The Morgan fingerprint density at radius 3 is 2.95 bits per heavy atom. The summed E-state index contributed by atoms with van der Waals surface area (Å²) in [5.74, 6) is -0.942. The van der Waals surface area contributed by atoms with Crippen molar-refractivity contribution in [1.82, 2.24) is 19.5 Å². The van der Waals surface area contributed by atoms with Crippen molar-refractivity contribution >= 4 is 11.0 Å². The smallest absolute Gasteiger partial charge is 0.158 e. The largest absolute Gasteiger partial charge is 0.336 e. The highest BCUT2D eigenvalue weighted by Crippen LogP contribution is 2.22. The summed E-state index contributed by atoms with van der Waals surface area (Å²) in [6, 6.07) is 2.01. The lowest BCUT2D eigenvalue weighted by molar-refractivity contribution is 0.591. The van der Waals surface area contributed by atoms with Gasteiger partial charge >= 0.3 is 0 Å². The lowest BCUT2D eigenvalue weighted by atomic mass is 10.3. The molecule has 5 nitrogen and oxygen atoms in total. The van der Waals surface area contributed by atoms with Crippen LogP contribution >= 0.6 is 0 Å². The molecule has 0 saturated carbocycles. The number of hydrogen-bond donors (Lipinski definition) is 2. The third-order valence-electron chi connectivity index (χ3n) is 2.77. The first-order valence-electron chi connectivity index (χ1n) is 5.74. The van der Waals surface area contributed by atoms with Gasteiger partial charge in [0.2, 0.25) is 0 Å². The van der Waals surface area contributed by atoms with E-state index in [2.05, 4.69) is 15.0 Å². The van der Waals surface area contributed by atoms with Gasteiger partial charge < -0.3 is 15.3 Å². The summed E-state index contributed by atoms with van der Waals surface area (Å²) >= 11 is 0. The van der Waals surface area contributed by atoms with Gasteiger partial charge in [-0.05, 0) is 6.07 Å². The standard InChI is InChI=1S/C12H11F2N5/c13-7-3-8(14)11-9(4-7)17-12(18-11)10-5-19(2-1-15)6-16-10/h3-6H,1-2,15H2,(H,17,18). The molecule has 3 aromatic rings. The number of H-pyrrole nitrogens is 1. The molecule has 1 aromatic carbocycles. The maximum Gasteiger partial charge on any atom is 0.158 e. The van der Waals surface area contributed by atoms with E-state index in [0.717, 1.165) is 6.07 Å². The fraction of sp³-hybridized carbons (Fsp3) is 0.167. The first-order valence-corrected chi connectivity index (χ1v) is 5.74.